The summed E-state index contributed by atoms with van der Waals surface area (Å²) in [6.45, 7) is 1.44. The molecule has 0 aliphatic heterocycles. The van der Waals surface area contributed by atoms with Gasteiger partial charge in [-0.3, -0.25) is 4.79 Å². The van der Waals surface area contributed by atoms with Crippen LogP contribution in [0.3, 0.4) is 0 Å². The third-order valence-electron chi connectivity index (χ3n) is 1.80. The predicted molar refractivity (Wildman–Crippen MR) is 57.1 cm³/mol. The first kappa shape index (κ1) is 12.0. The molecule has 0 aromatic carbocycles. The topological polar surface area (TPSA) is 56.2 Å². The van der Waals surface area contributed by atoms with Crippen LogP contribution in [0.15, 0.2) is 12.5 Å². The molecule has 0 aliphatic carbocycles. The highest BCUT2D eigenvalue weighted by Crippen LogP contribution is 1.94. The molecule has 0 aliphatic rings. The van der Waals surface area contributed by atoms with Gasteiger partial charge in [0.05, 0.1) is 25.7 Å². The summed E-state index contributed by atoms with van der Waals surface area (Å²) in [6, 6.07) is 0. The summed E-state index contributed by atoms with van der Waals surface area (Å²) in [4.78, 5) is 15.4. The number of hydrogen-bond acceptors (Lipinski definition) is 3. The fourth-order valence-corrected chi connectivity index (χ4v) is 1.17. The molecule has 1 aromatic rings. The van der Waals surface area contributed by atoms with Gasteiger partial charge in [-0.25, -0.2) is 4.98 Å². The van der Waals surface area contributed by atoms with E-state index in [1.807, 2.05) is 0 Å². The summed E-state index contributed by atoms with van der Waals surface area (Å²) in [5, 5.41) is 2.72. The van der Waals surface area contributed by atoms with Crippen molar-refractivity contribution in [2.75, 3.05) is 25.6 Å². The Morgan fingerprint density at radius 3 is 3.07 bits per heavy atom. The molecule has 0 fully saturated rings. The highest BCUT2D eigenvalue weighted by atomic mass is 35.5. The van der Waals surface area contributed by atoms with E-state index in [0.29, 0.717) is 31.3 Å². The van der Waals surface area contributed by atoms with Crippen molar-refractivity contribution >= 4 is 17.5 Å². The average Bonchev–Trinajstić information content (AvgIpc) is 2.64. The lowest BCUT2D eigenvalue weighted by atomic mass is 10.4. The highest BCUT2D eigenvalue weighted by molar-refractivity contribution is 6.17. The van der Waals surface area contributed by atoms with Crippen LogP contribution in [-0.4, -0.2) is 41.1 Å². The van der Waals surface area contributed by atoms with Crippen LogP contribution in [0.4, 0.5) is 0 Å². The maximum Gasteiger partial charge on any atom is 0.269 e. The molecule has 1 amide bonds. The number of carbonyl (C=O) groups excluding carboxylic acids is 1. The van der Waals surface area contributed by atoms with Gasteiger partial charge < -0.3 is 14.6 Å². The zero-order valence-corrected chi connectivity index (χ0v) is 9.33. The van der Waals surface area contributed by atoms with Crippen LogP contribution in [0.5, 0.6) is 0 Å². The van der Waals surface area contributed by atoms with Gasteiger partial charge in [-0.1, -0.05) is 0 Å². The molecule has 84 valence electrons. The number of hydrogen-bond donors (Lipinski definition) is 1. The maximum atomic E-state index is 11.5. The smallest absolute Gasteiger partial charge is 0.269 e. The third-order valence-corrected chi connectivity index (χ3v) is 1.96. The van der Waals surface area contributed by atoms with Gasteiger partial charge in [-0.15, -0.1) is 11.6 Å². The monoisotopic (exact) mass is 231 g/mol. The third kappa shape index (κ3) is 3.89. The lowest BCUT2D eigenvalue weighted by Gasteiger charge is -2.05. The van der Waals surface area contributed by atoms with Gasteiger partial charge in [0.25, 0.3) is 5.91 Å². The minimum absolute atomic E-state index is 0.149. The Balaban J connectivity index is 2.22. The Hall–Kier alpha value is -1.07. The molecule has 1 N–H and O–H groups in total. The van der Waals surface area contributed by atoms with Crippen molar-refractivity contribution in [3.05, 3.63) is 18.2 Å². The highest BCUT2D eigenvalue weighted by Gasteiger charge is 2.07. The second kappa shape index (κ2) is 6.42. The molecule has 0 spiro atoms. The number of aromatic nitrogens is 2. The van der Waals surface area contributed by atoms with Gasteiger partial charge >= 0.3 is 0 Å². The quantitative estimate of drug-likeness (QED) is 0.570. The first-order valence-electron chi connectivity index (χ1n) is 4.64. The van der Waals surface area contributed by atoms with Crippen molar-refractivity contribution in [2.24, 2.45) is 7.05 Å². The van der Waals surface area contributed by atoms with Crippen LogP contribution in [0.25, 0.3) is 0 Å². The molecule has 1 heterocycles. The second-order valence-corrected chi connectivity index (χ2v) is 3.33. The van der Waals surface area contributed by atoms with E-state index in [-0.39, 0.29) is 5.91 Å². The van der Waals surface area contributed by atoms with E-state index < -0.39 is 0 Å². The molecule has 0 saturated carbocycles. The number of rotatable bonds is 6. The molecule has 15 heavy (non-hydrogen) atoms. The number of nitrogens with one attached hydrogen (secondary N) is 1. The van der Waals surface area contributed by atoms with Crippen molar-refractivity contribution in [2.45, 2.75) is 0 Å². The van der Waals surface area contributed by atoms with Crippen molar-refractivity contribution in [1.82, 2.24) is 14.9 Å². The van der Waals surface area contributed by atoms with E-state index in [2.05, 4.69) is 10.3 Å². The zero-order chi connectivity index (χ0) is 11.1. The van der Waals surface area contributed by atoms with Crippen molar-refractivity contribution < 1.29 is 9.53 Å². The average molecular weight is 232 g/mol. The van der Waals surface area contributed by atoms with Crippen LogP contribution in [-0.2, 0) is 11.8 Å². The van der Waals surface area contributed by atoms with E-state index in [1.165, 1.54) is 6.20 Å². The largest absolute Gasteiger partial charge is 0.378 e. The van der Waals surface area contributed by atoms with E-state index in [0.717, 1.165) is 0 Å². The number of amides is 1. The number of carbonyl (C=O) groups is 1. The van der Waals surface area contributed by atoms with Crippen LogP contribution < -0.4 is 5.32 Å². The molecule has 5 nitrogen and oxygen atoms in total. The number of aryl methyl sites for hydroxylation is 1. The molecule has 0 radical (unpaired) electrons. The number of imidazole rings is 1. The first-order chi connectivity index (χ1) is 7.25. The Morgan fingerprint density at radius 1 is 1.67 bits per heavy atom. The standard InChI is InChI=1S/C9H14ClN3O2/c1-13-7-11-6-8(13)9(14)12-3-5-15-4-2-10/h6-7H,2-5H2,1H3,(H,12,14). The van der Waals surface area contributed by atoms with Crippen molar-refractivity contribution in [3.8, 4) is 0 Å². The van der Waals surface area contributed by atoms with Gasteiger partial charge in [0.2, 0.25) is 0 Å². The minimum atomic E-state index is -0.149. The SMILES string of the molecule is Cn1cncc1C(=O)NCCOCCCl. The lowest BCUT2D eigenvalue weighted by Crippen LogP contribution is -2.28. The Kier molecular flexibility index (Phi) is 5.14. The number of ether oxygens (including phenoxy) is 1. The van der Waals surface area contributed by atoms with Crippen LogP contribution in [0.2, 0.25) is 0 Å². The van der Waals surface area contributed by atoms with Crippen LogP contribution >= 0.6 is 11.6 Å². The number of halogens is 1. The molecule has 1 aromatic heterocycles. The van der Waals surface area contributed by atoms with E-state index >= 15 is 0 Å². The molecular formula is C9H14ClN3O2. The Bertz CT molecular complexity index is 314. The summed E-state index contributed by atoms with van der Waals surface area (Å²) in [7, 11) is 1.77. The predicted octanol–water partition coefficient (Wildman–Crippen LogP) is 0.405. The van der Waals surface area contributed by atoms with Crippen LogP contribution in [0, 0.1) is 0 Å². The summed E-state index contributed by atoms with van der Waals surface area (Å²) < 4.78 is 6.77. The summed E-state index contributed by atoms with van der Waals surface area (Å²) in [6.07, 6.45) is 3.11. The van der Waals surface area contributed by atoms with Gasteiger partial charge in [-0.2, -0.15) is 0 Å². The molecular weight excluding hydrogens is 218 g/mol. The summed E-state index contributed by atoms with van der Waals surface area (Å²) in [5.74, 6) is 0.319. The van der Waals surface area contributed by atoms with Gasteiger partial charge in [0, 0.05) is 19.5 Å². The van der Waals surface area contributed by atoms with Gasteiger partial charge in [-0.05, 0) is 0 Å². The second-order valence-electron chi connectivity index (χ2n) is 2.95. The normalized spacial score (nSPS) is 10.3. The fraction of sp³-hybridized carbons (Fsp3) is 0.556. The number of nitrogens with zero attached hydrogens (tertiary/aromatic N) is 2. The van der Waals surface area contributed by atoms with Gasteiger partial charge in [0.15, 0.2) is 0 Å². The van der Waals surface area contributed by atoms with E-state index in [9.17, 15) is 4.79 Å². The van der Waals surface area contributed by atoms with Gasteiger partial charge in [0.1, 0.15) is 5.69 Å². The first-order valence-corrected chi connectivity index (χ1v) is 5.17. The van der Waals surface area contributed by atoms with Crippen molar-refractivity contribution in [1.29, 1.82) is 0 Å². The van der Waals surface area contributed by atoms with E-state index in [1.54, 1.807) is 17.9 Å². The molecule has 0 saturated heterocycles. The van der Waals surface area contributed by atoms with Crippen LogP contribution in [0.1, 0.15) is 10.5 Å². The maximum absolute atomic E-state index is 11.5. The van der Waals surface area contributed by atoms with E-state index in [4.69, 9.17) is 16.3 Å². The summed E-state index contributed by atoms with van der Waals surface area (Å²) in [5.41, 5.74) is 0.535. The summed E-state index contributed by atoms with van der Waals surface area (Å²) >= 11 is 5.42. The molecule has 0 atom stereocenters. The number of alkyl halides is 1. The molecule has 0 bridgehead atoms. The molecule has 1 rings (SSSR count). The zero-order valence-electron chi connectivity index (χ0n) is 8.57. The Morgan fingerprint density at radius 2 is 2.47 bits per heavy atom. The van der Waals surface area contributed by atoms with Crippen molar-refractivity contribution in [3.63, 3.8) is 0 Å². The minimum Gasteiger partial charge on any atom is -0.378 e. The fourth-order valence-electron chi connectivity index (χ4n) is 1.06. The molecule has 0 unspecified atom stereocenters. The lowest BCUT2D eigenvalue weighted by molar-refractivity contribution is 0.0915. The molecule has 6 heteroatoms. The Labute approximate surface area is 93.4 Å².